The summed E-state index contributed by atoms with van der Waals surface area (Å²) in [6, 6.07) is 19.6. The molecule has 5 nitrogen and oxygen atoms in total. The van der Waals surface area contributed by atoms with Crippen molar-refractivity contribution < 1.29 is 9.90 Å². The lowest BCUT2D eigenvalue weighted by Crippen LogP contribution is -2.39. The summed E-state index contributed by atoms with van der Waals surface area (Å²) in [4.78, 5) is 16.4. The molecule has 0 saturated heterocycles. The van der Waals surface area contributed by atoms with E-state index in [1.807, 2.05) is 42.5 Å². The van der Waals surface area contributed by atoms with Crippen molar-refractivity contribution in [3.8, 4) is 0 Å². The molecule has 0 spiro atoms. The average molecular weight is 349 g/mol. The summed E-state index contributed by atoms with van der Waals surface area (Å²) in [5.74, 6) is -0.0618. The largest absolute Gasteiger partial charge is 0.396 e. The van der Waals surface area contributed by atoms with Crippen LogP contribution in [-0.2, 0) is 13.0 Å². The van der Waals surface area contributed by atoms with E-state index in [-0.39, 0.29) is 18.6 Å². The number of carbonyl (C=O) groups is 1. The van der Waals surface area contributed by atoms with Gasteiger partial charge in [0.05, 0.1) is 0 Å². The van der Waals surface area contributed by atoms with Gasteiger partial charge in [0, 0.05) is 37.5 Å². The summed E-state index contributed by atoms with van der Waals surface area (Å²) < 4.78 is 0. The molecule has 1 heterocycles. The number of aliphatic hydroxyl groups excluding tert-OH is 1. The van der Waals surface area contributed by atoms with Crippen LogP contribution in [0.5, 0.6) is 0 Å². The minimum atomic E-state index is -0.239. The highest BCUT2D eigenvalue weighted by Gasteiger charge is 2.11. The number of amides is 2. The molecule has 2 amide bonds. The molecule has 0 bridgehead atoms. The standard InChI is InChI=1S/C21H23N3O2/c25-15-16(12-19-9-3-4-11-22-19)13-23-21(26)24-14-18-8-5-7-17-6-1-2-10-20(17)18/h1-11,16,25H,12-15H2,(H2,23,24,26). The van der Waals surface area contributed by atoms with Crippen molar-refractivity contribution >= 4 is 16.8 Å². The average Bonchev–Trinajstić information content (AvgIpc) is 2.70. The molecule has 1 aromatic heterocycles. The maximum Gasteiger partial charge on any atom is 0.315 e. The third-order valence-corrected chi connectivity index (χ3v) is 4.35. The molecule has 1 unspecified atom stereocenters. The number of urea groups is 1. The molecule has 134 valence electrons. The molecule has 0 aliphatic carbocycles. The third kappa shape index (κ3) is 4.80. The fourth-order valence-electron chi connectivity index (χ4n) is 2.94. The molecular weight excluding hydrogens is 326 g/mol. The van der Waals surface area contributed by atoms with Crippen molar-refractivity contribution in [1.82, 2.24) is 15.6 Å². The molecule has 0 saturated carbocycles. The lowest BCUT2D eigenvalue weighted by atomic mass is 10.0. The fourth-order valence-corrected chi connectivity index (χ4v) is 2.94. The van der Waals surface area contributed by atoms with E-state index in [0.717, 1.165) is 22.0 Å². The number of hydrogen-bond donors (Lipinski definition) is 3. The number of nitrogens with one attached hydrogen (secondary N) is 2. The van der Waals surface area contributed by atoms with Crippen LogP contribution in [0.1, 0.15) is 11.3 Å². The van der Waals surface area contributed by atoms with Crippen LogP contribution in [-0.4, -0.2) is 29.3 Å². The Labute approximate surface area is 153 Å². The molecule has 3 N–H and O–H groups in total. The van der Waals surface area contributed by atoms with Gasteiger partial charge in [-0.3, -0.25) is 4.98 Å². The summed E-state index contributed by atoms with van der Waals surface area (Å²) in [5, 5.41) is 17.5. The van der Waals surface area contributed by atoms with Gasteiger partial charge in [-0.25, -0.2) is 4.79 Å². The van der Waals surface area contributed by atoms with Crippen LogP contribution in [0.2, 0.25) is 0 Å². The second kappa shape index (κ2) is 8.97. The first-order valence-corrected chi connectivity index (χ1v) is 8.75. The molecule has 1 atom stereocenters. The molecule has 3 rings (SSSR count). The smallest absolute Gasteiger partial charge is 0.315 e. The quantitative estimate of drug-likeness (QED) is 0.614. The first-order chi connectivity index (χ1) is 12.8. The third-order valence-electron chi connectivity index (χ3n) is 4.35. The Balaban J connectivity index is 1.50. The Bertz CT molecular complexity index is 847. The lowest BCUT2D eigenvalue weighted by Gasteiger charge is -2.15. The zero-order chi connectivity index (χ0) is 18.2. The molecule has 5 heteroatoms. The normalized spacial score (nSPS) is 11.9. The Morgan fingerprint density at radius 3 is 2.62 bits per heavy atom. The van der Waals surface area contributed by atoms with Gasteiger partial charge in [0.1, 0.15) is 0 Å². The Morgan fingerprint density at radius 1 is 1.00 bits per heavy atom. The van der Waals surface area contributed by atoms with Crippen LogP contribution in [0.15, 0.2) is 66.9 Å². The van der Waals surface area contributed by atoms with E-state index < -0.39 is 0 Å². The van der Waals surface area contributed by atoms with E-state index in [2.05, 4.69) is 33.8 Å². The fraction of sp³-hybridized carbons (Fsp3) is 0.238. The predicted molar refractivity (Wildman–Crippen MR) is 103 cm³/mol. The molecule has 0 radical (unpaired) electrons. The maximum absolute atomic E-state index is 12.1. The van der Waals surface area contributed by atoms with Gasteiger partial charge in [-0.05, 0) is 34.9 Å². The summed E-state index contributed by atoms with van der Waals surface area (Å²) in [5.41, 5.74) is 1.98. The summed E-state index contributed by atoms with van der Waals surface area (Å²) in [6.45, 7) is 0.853. The molecule has 0 fully saturated rings. The molecular formula is C21H23N3O2. The SMILES string of the molecule is O=C(NCc1cccc2ccccc12)NCC(CO)Cc1ccccn1. The summed E-state index contributed by atoms with van der Waals surface area (Å²) in [6.07, 6.45) is 2.36. The van der Waals surface area contributed by atoms with E-state index in [0.29, 0.717) is 19.5 Å². The van der Waals surface area contributed by atoms with Gasteiger partial charge in [-0.1, -0.05) is 48.5 Å². The number of carbonyl (C=O) groups excluding carboxylic acids is 1. The van der Waals surface area contributed by atoms with Gasteiger partial charge < -0.3 is 15.7 Å². The number of nitrogens with zero attached hydrogens (tertiary/aromatic N) is 1. The van der Waals surface area contributed by atoms with Gasteiger partial charge in [0.25, 0.3) is 0 Å². The second-order valence-electron chi connectivity index (χ2n) is 6.28. The van der Waals surface area contributed by atoms with Gasteiger partial charge in [0.15, 0.2) is 0 Å². The molecule has 0 aliphatic rings. The Morgan fingerprint density at radius 2 is 1.81 bits per heavy atom. The molecule has 0 aliphatic heterocycles. The van der Waals surface area contributed by atoms with Crippen LogP contribution in [0, 0.1) is 5.92 Å². The monoisotopic (exact) mass is 349 g/mol. The van der Waals surface area contributed by atoms with Crippen LogP contribution < -0.4 is 10.6 Å². The van der Waals surface area contributed by atoms with Crippen molar-refractivity contribution in [3.05, 3.63) is 78.1 Å². The summed E-state index contributed by atoms with van der Waals surface area (Å²) >= 11 is 0. The first-order valence-electron chi connectivity index (χ1n) is 8.75. The van der Waals surface area contributed by atoms with E-state index in [1.54, 1.807) is 6.20 Å². The van der Waals surface area contributed by atoms with Gasteiger partial charge in [-0.15, -0.1) is 0 Å². The second-order valence-corrected chi connectivity index (χ2v) is 6.28. The van der Waals surface area contributed by atoms with Gasteiger partial charge >= 0.3 is 6.03 Å². The highest BCUT2D eigenvalue weighted by atomic mass is 16.3. The van der Waals surface area contributed by atoms with Crippen molar-refractivity contribution in [2.75, 3.05) is 13.2 Å². The van der Waals surface area contributed by atoms with Crippen LogP contribution in [0.25, 0.3) is 10.8 Å². The number of pyridine rings is 1. The number of hydrogen-bond acceptors (Lipinski definition) is 3. The zero-order valence-electron chi connectivity index (χ0n) is 14.6. The molecule has 26 heavy (non-hydrogen) atoms. The highest BCUT2D eigenvalue weighted by Crippen LogP contribution is 2.18. The van der Waals surface area contributed by atoms with Crippen LogP contribution in [0.3, 0.4) is 0 Å². The van der Waals surface area contributed by atoms with E-state index in [9.17, 15) is 9.90 Å². The zero-order valence-corrected chi connectivity index (χ0v) is 14.6. The minimum Gasteiger partial charge on any atom is -0.396 e. The van der Waals surface area contributed by atoms with Crippen LogP contribution >= 0.6 is 0 Å². The number of benzene rings is 2. The van der Waals surface area contributed by atoms with E-state index >= 15 is 0 Å². The van der Waals surface area contributed by atoms with Crippen molar-refractivity contribution in [2.45, 2.75) is 13.0 Å². The van der Waals surface area contributed by atoms with Crippen molar-refractivity contribution in [3.63, 3.8) is 0 Å². The van der Waals surface area contributed by atoms with Crippen molar-refractivity contribution in [1.29, 1.82) is 0 Å². The lowest BCUT2D eigenvalue weighted by molar-refractivity contribution is 0.213. The van der Waals surface area contributed by atoms with E-state index in [1.165, 1.54) is 0 Å². The van der Waals surface area contributed by atoms with Gasteiger partial charge in [0.2, 0.25) is 0 Å². The highest BCUT2D eigenvalue weighted by molar-refractivity contribution is 5.86. The Hall–Kier alpha value is -2.92. The van der Waals surface area contributed by atoms with Crippen LogP contribution in [0.4, 0.5) is 4.79 Å². The predicted octanol–water partition coefficient (Wildman–Crippen LogP) is 2.89. The van der Waals surface area contributed by atoms with Crippen molar-refractivity contribution in [2.24, 2.45) is 5.92 Å². The first kappa shape index (κ1) is 17.9. The minimum absolute atomic E-state index is 0.000176. The number of aromatic nitrogens is 1. The van der Waals surface area contributed by atoms with Gasteiger partial charge in [-0.2, -0.15) is 0 Å². The number of aliphatic hydroxyl groups is 1. The molecule has 3 aromatic rings. The number of rotatable bonds is 7. The topological polar surface area (TPSA) is 74.2 Å². The number of fused-ring (bicyclic) bond motifs is 1. The Kier molecular flexibility index (Phi) is 6.17. The van der Waals surface area contributed by atoms with E-state index in [4.69, 9.17) is 0 Å². The maximum atomic E-state index is 12.1. The summed E-state index contributed by atoms with van der Waals surface area (Å²) in [7, 11) is 0. The molecule has 2 aromatic carbocycles.